The third kappa shape index (κ3) is 30.5. The zero-order valence-corrected chi connectivity index (χ0v) is 11.9. The van der Waals surface area contributed by atoms with Crippen LogP contribution in [-0.2, 0) is 0 Å². The molecule has 0 aromatic rings. The number of halogens is 2. The molecule has 36 valence electrons. The van der Waals surface area contributed by atoms with Crippen LogP contribution < -0.4 is 0 Å². The molecule has 2 radical (unpaired) electrons. The van der Waals surface area contributed by atoms with Crippen molar-refractivity contribution in [2.24, 2.45) is 0 Å². The average molecular weight is 432 g/mol. The minimum atomic E-state index is 0.252. The van der Waals surface area contributed by atoms with Crippen LogP contribution in [0.3, 0.4) is 0 Å². The van der Waals surface area contributed by atoms with Crippen LogP contribution in [0, 0.1) is 0 Å². The summed E-state index contributed by atoms with van der Waals surface area (Å²) < 4.78 is 0. The Morgan fingerprint density at radius 3 is 1.67 bits per heavy atom. The third-order valence-electron chi connectivity index (χ3n) is 0. The molecule has 0 aliphatic carbocycles. The van der Waals surface area contributed by atoms with Crippen LogP contribution in [0.1, 0.15) is 6.92 Å². The maximum atomic E-state index is 2.81. The minimum absolute atomic E-state index is 0.252. The van der Waals surface area contributed by atoms with E-state index in [9.17, 15) is 0 Å². The quantitative estimate of drug-likeness (QED) is 0.407. The van der Waals surface area contributed by atoms with E-state index in [0.717, 1.165) is 5.32 Å². The molecule has 0 N–H and O–H groups in total. The van der Waals surface area contributed by atoms with Gasteiger partial charge in [0.05, 0.1) is 0 Å². The molecule has 0 aliphatic rings. The van der Waals surface area contributed by atoms with Crippen molar-refractivity contribution >= 4 is 65.7 Å². The molecule has 6 heavy (non-hydrogen) atoms. The van der Waals surface area contributed by atoms with Crippen molar-refractivity contribution in [2.75, 3.05) is 0 Å². The van der Waals surface area contributed by atoms with Gasteiger partial charge in [-0.05, 0) is 0 Å². The molecule has 0 aliphatic heterocycles. The summed E-state index contributed by atoms with van der Waals surface area (Å²) in [6.07, 6.45) is 0. The van der Waals surface area contributed by atoms with E-state index in [-0.39, 0.29) is 10.3 Å². The van der Waals surface area contributed by atoms with Gasteiger partial charge < -0.3 is 0 Å². The van der Waals surface area contributed by atoms with E-state index in [1.54, 1.807) is 0 Å². The van der Waals surface area contributed by atoms with E-state index >= 15 is 0 Å². The van der Waals surface area contributed by atoms with E-state index in [1.807, 2.05) is 0 Å². The van der Waals surface area contributed by atoms with Gasteiger partial charge in [0.15, 0.2) is 0 Å². The van der Waals surface area contributed by atoms with E-state index in [4.69, 9.17) is 0 Å². The summed E-state index contributed by atoms with van der Waals surface area (Å²) in [5.74, 6) is 0. The molecule has 0 heterocycles. The van der Waals surface area contributed by atoms with E-state index < -0.39 is 0 Å². The number of hydrogen-bond donors (Lipinski definition) is 0. The van der Waals surface area contributed by atoms with Crippen molar-refractivity contribution in [1.82, 2.24) is 0 Å². The monoisotopic (exact) mass is 432 g/mol. The van der Waals surface area contributed by atoms with Gasteiger partial charge in [-0.15, -0.1) is 0 Å². The first-order valence-electron chi connectivity index (χ1n) is 1.43. The predicted octanol–water partition coefficient (Wildman–Crippen LogP) is 1.98. The number of hydrogen-bond acceptors (Lipinski definition) is 0. The van der Waals surface area contributed by atoms with Gasteiger partial charge in [0.2, 0.25) is 0 Å². The first-order valence-corrected chi connectivity index (χ1v) is 17.4. The molecule has 0 fully saturated rings. The fourth-order valence-electron chi connectivity index (χ4n) is 0. The molecular formula is C2H5GaI2Se. The summed E-state index contributed by atoms with van der Waals surface area (Å²) in [6, 6.07) is 0. The summed E-state index contributed by atoms with van der Waals surface area (Å²) in [4.78, 5) is 0. The van der Waals surface area contributed by atoms with Crippen LogP contribution in [-0.4, -0.2) is 26.3 Å². The zero-order chi connectivity index (χ0) is 5.41. The zero-order valence-electron chi connectivity index (χ0n) is 3.45. The molecule has 0 saturated carbocycles. The van der Waals surface area contributed by atoms with Crippen LogP contribution in [0.4, 0.5) is 0 Å². The molecule has 0 atom stereocenters. The Balaban J connectivity index is 0. The second kappa shape index (κ2) is 15.6. The van der Waals surface area contributed by atoms with Gasteiger partial charge in [-0.1, -0.05) is 0 Å². The van der Waals surface area contributed by atoms with Crippen molar-refractivity contribution in [3.63, 3.8) is 0 Å². The molecule has 0 aromatic carbocycles. The van der Waals surface area contributed by atoms with Crippen LogP contribution in [0.5, 0.6) is 0 Å². The molecule has 0 nitrogen and oxygen atoms in total. The normalized spacial score (nSPS) is 5.33. The Morgan fingerprint density at radius 2 is 1.67 bits per heavy atom. The van der Waals surface area contributed by atoms with Crippen LogP contribution in [0.2, 0.25) is 5.32 Å². The van der Waals surface area contributed by atoms with Gasteiger partial charge in [0.25, 0.3) is 0 Å². The molecule has 0 rings (SSSR count). The van der Waals surface area contributed by atoms with Gasteiger partial charge in [0, 0.05) is 0 Å². The maximum absolute atomic E-state index is 2.81. The summed E-state index contributed by atoms with van der Waals surface area (Å²) in [6.45, 7) is 2.07. The summed E-state index contributed by atoms with van der Waals surface area (Å²) in [5, 5.41) is 1.12. The van der Waals surface area contributed by atoms with Gasteiger partial charge in [-0.2, -0.15) is 0 Å². The standard InChI is InChI=1S/C2H5Se.Ga.2HI/c1-2-3;;;/h2H2,1H3;;2*1H/q;+2;;/p-2. The Labute approximate surface area is 76.4 Å². The second-order valence-electron chi connectivity index (χ2n) is 0.371. The molecule has 0 spiro atoms. The Kier molecular flexibility index (Phi) is 29.8. The fraction of sp³-hybridized carbons (Fsp3) is 1.00. The van der Waals surface area contributed by atoms with Crippen LogP contribution in [0.25, 0.3) is 0 Å². The SMILES string of the molecule is CC[Se].[I][Ga][I]. The van der Waals surface area contributed by atoms with E-state index in [0.29, 0.717) is 0 Å². The Hall–Kier alpha value is 2.62. The van der Waals surface area contributed by atoms with E-state index in [2.05, 4.69) is 62.3 Å². The Morgan fingerprint density at radius 1 is 1.67 bits per heavy atom. The first kappa shape index (κ1) is 11.4. The molecule has 4 heteroatoms. The second-order valence-corrected chi connectivity index (χ2v) is 20.8. The molecule has 0 amide bonds. The van der Waals surface area contributed by atoms with Gasteiger partial charge in [0.1, 0.15) is 0 Å². The van der Waals surface area contributed by atoms with Crippen molar-refractivity contribution in [3.05, 3.63) is 0 Å². The fourth-order valence-corrected chi connectivity index (χ4v) is 0. The van der Waals surface area contributed by atoms with Crippen molar-refractivity contribution < 1.29 is 0 Å². The summed E-state index contributed by atoms with van der Waals surface area (Å²) in [5.41, 5.74) is 0. The van der Waals surface area contributed by atoms with Gasteiger partial charge in [-0.3, -0.25) is 0 Å². The average Bonchev–Trinajstić information content (AvgIpc) is 1.39. The molecule has 0 bridgehead atoms. The summed E-state index contributed by atoms with van der Waals surface area (Å²) >= 11 is 7.67. The van der Waals surface area contributed by atoms with Crippen molar-refractivity contribution in [2.45, 2.75) is 12.2 Å². The van der Waals surface area contributed by atoms with Crippen molar-refractivity contribution in [1.29, 1.82) is 0 Å². The topological polar surface area (TPSA) is 0 Å². The van der Waals surface area contributed by atoms with Crippen LogP contribution >= 0.6 is 39.3 Å². The van der Waals surface area contributed by atoms with Gasteiger partial charge >= 0.3 is 77.9 Å². The van der Waals surface area contributed by atoms with Crippen molar-refractivity contribution in [3.8, 4) is 0 Å². The molecule has 0 saturated heterocycles. The predicted molar refractivity (Wildman–Crippen MR) is 50.0 cm³/mol. The summed E-state index contributed by atoms with van der Waals surface area (Å²) in [7, 11) is 0.252. The Bertz CT molecular complexity index is 13.5. The molecular weight excluding hydrogens is 427 g/mol. The van der Waals surface area contributed by atoms with Crippen LogP contribution in [0.15, 0.2) is 0 Å². The third-order valence-corrected chi connectivity index (χ3v) is 0. The first-order chi connectivity index (χ1) is 2.83. The molecule has 0 aromatic heterocycles. The molecule has 0 unspecified atom stereocenters. The number of rotatable bonds is 0. The van der Waals surface area contributed by atoms with E-state index in [1.165, 1.54) is 0 Å². The van der Waals surface area contributed by atoms with Gasteiger partial charge in [-0.25, -0.2) is 0 Å².